The van der Waals surface area contributed by atoms with Crippen LogP contribution in [0.15, 0.2) is 30.3 Å². The fourth-order valence-electron chi connectivity index (χ4n) is 3.49. The lowest BCUT2D eigenvalue weighted by molar-refractivity contribution is -0.160. The van der Waals surface area contributed by atoms with Gasteiger partial charge in [-0.25, -0.2) is 0 Å². The Morgan fingerprint density at radius 2 is 2.04 bits per heavy atom. The smallest absolute Gasteiger partial charge is 0.313 e. The van der Waals surface area contributed by atoms with E-state index in [0.717, 1.165) is 43.8 Å². The minimum atomic E-state index is -0.446. The van der Waals surface area contributed by atoms with Crippen LogP contribution < -0.4 is 4.74 Å². The number of methoxy groups -OCH3 is 2. The molecule has 0 saturated carbocycles. The minimum absolute atomic E-state index is 0.0825. The van der Waals surface area contributed by atoms with Crippen molar-refractivity contribution in [2.75, 3.05) is 47.1 Å². The maximum atomic E-state index is 12.6. The molecule has 5 heteroatoms. The molecule has 1 aromatic carbocycles. The lowest BCUT2D eigenvalue weighted by Gasteiger charge is -2.40. The summed E-state index contributed by atoms with van der Waals surface area (Å²) in [5.74, 6) is 0.774. The Morgan fingerprint density at radius 3 is 2.69 bits per heavy atom. The summed E-state index contributed by atoms with van der Waals surface area (Å²) in [5, 5.41) is 0. The molecule has 1 aliphatic rings. The van der Waals surface area contributed by atoms with Crippen LogP contribution in [0.2, 0.25) is 0 Å². The summed E-state index contributed by atoms with van der Waals surface area (Å²) in [5.41, 5.74) is 0.692. The summed E-state index contributed by atoms with van der Waals surface area (Å²) < 4.78 is 15.8. The van der Waals surface area contributed by atoms with E-state index in [1.54, 1.807) is 14.2 Å². The normalized spacial score (nSPS) is 21.0. The summed E-state index contributed by atoms with van der Waals surface area (Å²) in [6, 6.07) is 7.98. The fraction of sp³-hybridized carbons (Fsp3) is 0.571. The average Bonchev–Trinajstić information content (AvgIpc) is 2.67. The zero-order chi connectivity index (χ0) is 18.8. The standard InChI is InChI=1S/C21H31NO4/c1-4-26-20(23)21(13-16-24-2)12-6-15-22(17-21)14-5-7-18-8-10-19(25-3)11-9-18/h5,7-11H,4,6,12-17H2,1-3H3/b7-5+. The third-order valence-corrected chi connectivity index (χ3v) is 4.94. The van der Waals surface area contributed by atoms with E-state index >= 15 is 0 Å². The summed E-state index contributed by atoms with van der Waals surface area (Å²) in [7, 11) is 3.34. The van der Waals surface area contributed by atoms with Crippen molar-refractivity contribution in [1.82, 2.24) is 4.90 Å². The summed E-state index contributed by atoms with van der Waals surface area (Å²) in [4.78, 5) is 14.9. The first-order chi connectivity index (χ1) is 12.6. The lowest BCUT2D eigenvalue weighted by Crippen LogP contribution is -2.49. The number of hydrogen-bond acceptors (Lipinski definition) is 5. The molecule has 0 aromatic heterocycles. The Balaban J connectivity index is 1.97. The first kappa shape index (κ1) is 20.5. The molecule has 5 nitrogen and oxygen atoms in total. The van der Waals surface area contributed by atoms with Crippen LogP contribution in [0, 0.1) is 5.41 Å². The first-order valence-corrected chi connectivity index (χ1v) is 9.32. The van der Waals surface area contributed by atoms with E-state index in [1.807, 2.05) is 31.2 Å². The van der Waals surface area contributed by atoms with Gasteiger partial charge in [-0.1, -0.05) is 24.3 Å². The number of benzene rings is 1. The highest BCUT2D eigenvalue weighted by Crippen LogP contribution is 2.35. The Labute approximate surface area is 156 Å². The van der Waals surface area contributed by atoms with Crippen LogP contribution in [0.1, 0.15) is 31.7 Å². The Morgan fingerprint density at radius 1 is 1.27 bits per heavy atom. The van der Waals surface area contributed by atoms with Crippen molar-refractivity contribution in [3.05, 3.63) is 35.9 Å². The van der Waals surface area contributed by atoms with E-state index in [4.69, 9.17) is 14.2 Å². The molecule has 1 saturated heterocycles. The van der Waals surface area contributed by atoms with Crippen molar-refractivity contribution in [3.63, 3.8) is 0 Å². The monoisotopic (exact) mass is 361 g/mol. The fourth-order valence-corrected chi connectivity index (χ4v) is 3.49. The minimum Gasteiger partial charge on any atom is -0.497 e. The maximum Gasteiger partial charge on any atom is 0.313 e. The van der Waals surface area contributed by atoms with Gasteiger partial charge in [0.1, 0.15) is 5.75 Å². The second-order valence-corrected chi connectivity index (χ2v) is 6.76. The van der Waals surface area contributed by atoms with Gasteiger partial charge < -0.3 is 14.2 Å². The van der Waals surface area contributed by atoms with Gasteiger partial charge in [-0.3, -0.25) is 9.69 Å². The van der Waals surface area contributed by atoms with Crippen LogP contribution in [0.3, 0.4) is 0 Å². The van der Waals surface area contributed by atoms with Crippen LogP contribution in [-0.4, -0.2) is 57.9 Å². The van der Waals surface area contributed by atoms with Gasteiger partial charge in [0.25, 0.3) is 0 Å². The largest absolute Gasteiger partial charge is 0.497 e. The number of nitrogens with zero attached hydrogens (tertiary/aromatic N) is 1. The Hall–Kier alpha value is -1.85. The van der Waals surface area contributed by atoms with Gasteiger partial charge in [0.05, 0.1) is 19.1 Å². The van der Waals surface area contributed by atoms with Crippen molar-refractivity contribution in [2.24, 2.45) is 5.41 Å². The van der Waals surface area contributed by atoms with Crippen LogP contribution in [0.4, 0.5) is 0 Å². The number of rotatable bonds is 9. The molecule has 1 heterocycles. The van der Waals surface area contributed by atoms with Crippen molar-refractivity contribution < 1.29 is 19.0 Å². The van der Waals surface area contributed by atoms with Crippen molar-refractivity contribution >= 4 is 12.0 Å². The van der Waals surface area contributed by atoms with Gasteiger partial charge in [0.2, 0.25) is 0 Å². The molecule has 0 spiro atoms. The highest BCUT2D eigenvalue weighted by molar-refractivity contribution is 5.77. The molecule has 1 fully saturated rings. The Kier molecular flexibility index (Phi) is 8.13. The molecule has 144 valence electrons. The topological polar surface area (TPSA) is 48.0 Å². The first-order valence-electron chi connectivity index (χ1n) is 9.32. The van der Waals surface area contributed by atoms with E-state index in [1.165, 1.54) is 0 Å². The van der Waals surface area contributed by atoms with Crippen molar-refractivity contribution in [1.29, 1.82) is 0 Å². The summed E-state index contributed by atoms with van der Waals surface area (Å²) >= 11 is 0. The van der Waals surface area contributed by atoms with Gasteiger partial charge in [-0.05, 0) is 50.4 Å². The number of piperidine rings is 1. The van der Waals surface area contributed by atoms with E-state index in [-0.39, 0.29) is 5.97 Å². The molecule has 26 heavy (non-hydrogen) atoms. The maximum absolute atomic E-state index is 12.6. The van der Waals surface area contributed by atoms with Gasteiger partial charge in [0, 0.05) is 26.8 Å². The molecule has 0 radical (unpaired) electrons. The molecule has 0 amide bonds. The molecular weight excluding hydrogens is 330 g/mol. The van der Waals surface area contributed by atoms with Crippen molar-refractivity contribution in [3.8, 4) is 5.75 Å². The number of ether oxygens (including phenoxy) is 3. The van der Waals surface area contributed by atoms with E-state index in [9.17, 15) is 4.79 Å². The number of hydrogen-bond donors (Lipinski definition) is 0. The van der Waals surface area contributed by atoms with Crippen LogP contribution in [-0.2, 0) is 14.3 Å². The van der Waals surface area contributed by atoms with E-state index in [0.29, 0.717) is 19.6 Å². The summed E-state index contributed by atoms with van der Waals surface area (Å²) in [6.45, 7) is 5.41. The number of carbonyl (C=O) groups excluding carboxylic acids is 1. The van der Waals surface area contributed by atoms with Crippen LogP contribution >= 0.6 is 0 Å². The predicted octanol–water partition coefficient (Wildman–Crippen LogP) is 3.39. The molecule has 0 bridgehead atoms. The second kappa shape index (κ2) is 10.3. The van der Waals surface area contributed by atoms with E-state index < -0.39 is 5.41 Å². The van der Waals surface area contributed by atoms with Gasteiger partial charge in [-0.2, -0.15) is 0 Å². The highest BCUT2D eigenvalue weighted by atomic mass is 16.5. The number of carbonyl (C=O) groups is 1. The molecule has 0 aliphatic carbocycles. The zero-order valence-electron chi connectivity index (χ0n) is 16.2. The number of esters is 1. The average molecular weight is 361 g/mol. The third kappa shape index (κ3) is 5.58. The van der Waals surface area contributed by atoms with E-state index in [2.05, 4.69) is 17.1 Å². The quantitative estimate of drug-likeness (QED) is 0.631. The van der Waals surface area contributed by atoms with Gasteiger partial charge in [0.15, 0.2) is 0 Å². The SMILES string of the molecule is CCOC(=O)C1(CCOC)CCCN(C/C=C/c2ccc(OC)cc2)C1. The predicted molar refractivity (Wildman–Crippen MR) is 103 cm³/mol. The molecule has 1 atom stereocenters. The molecule has 1 aromatic rings. The molecule has 2 rings (SSSR count). The highest BCUT2D eigenvalue weighted by Gasteiger charge is 2.42. The molecular formula is C21H31NO4. The summed E-state index contributed by atoms with van der Waals surface area (Å²) in [6.07, 6.45) is 6.84. The van der Waals surface area contributed by atoms with Crippen LogP contribution in [0.5, 0.6) is 5.75 Å². The zero-order valence-corrected chi connectivity index (χ0v) is 16.2. The molecule has 0 N–H and O–H groups in total. The van der Waals surface area contributed by atoms with Crippen molar-refractivity contribution in [2.45, 2.75) is 26.2 Å². The lowest BCUT2D eigenvalue weighted by atomic mass is 9.77. The van der Waals surface area contributed by atoms with Gasteiger partial charge in [-0.15, -0.1) is 0 Å². The molecule has 1 aliphatic heterocycles. The Bertz CT molecular complexity index is 584. The number of likely N-dealkylation sites (tertiary alicyclic amines) is 1. The van der Waals surface area contributed by atoms with Crippen LogP contribution in [0.25, 0.3) is 6.08 Å². The second-order valence-electron chi connectivity index (χ2n) is 6.76. The van der Waals surface area contributed by atoms with Gasteiger partial charge >= 0.3 is 5.97 Å². The molecule has 1 unspecified atom stereocenters. The third-order valence-electron chi connectivity index (χ3n) is 4.94.